The molecule has 0 saturated heterocycles. The smallest absolute Gasteiger partial charge is 0.0368 e. The summed E-state index contributed by atoms with van der Waals surface area (Å²) < 4.78 is 0. The van der Waals surface area contributed by atoms with Crippen LogP contribution in [0.2, 0.25) is 0 Å². The van der Waals surface area contributed by atoms with E-state index < -0.39 is 0 Å². The summed E-state index contributed by atoms with van der Waals surface area (Å²) in [6, 6.07) is 8.70. The van der Waals surface area contributed by atoms with Crippen LogP contribution in [0.4, 0.5) is 5.69 Å². The van der Waals surface area contributed by atoms with Gasteiger partial charge in [-0.2, -0.15) is 0 Å². The molecular formula is C23H39N. The van der Waals surface area contributed by atoms with E-state index in [-0.39, 0.29) is 5.54 Å². The maximum atomic E-state index is 3.83. The molecule has 0 spiro atoms. The Balaban J connectivity index is 2.25. The Morgan fingerprint density at radius 2 is 1.38 bits per heavy atom. The summed E-state index contributed by atoms with van der Waals surface area (Å²) in [5, 5.41) is 0. The first-order valence-electron chi connectivity index (χ1n) is 9.97. The summed E-state index contributed by atoms with van der Waals surface area (Å²) in [4.78, 5) is 2.42. The van der Waals surface area contributed by atoms with Gasteiger partial charge in [0.2, 0.25) is 0 Å². The number of unbranched alkanes of at least 4 members (excludes halogenated alkanes) is 8. The van der Waals surface area contributed by atoms with E-state index in [1.807, 2.05) is 6.08 Å². The van der Waals surface area contributed by atoms with Crippen LogP contribution < -0.4 is 4.90 Å². The highest BCUT2D eigenvalue weighted by molar-refractivity contribution is 5.55. The minimum Gasteiger partial charge on any atom is -0.369 e. The molecule has 0 aliphatic heterocycles. The van der Waals surface area contributed by atoms with Crippen molar-refractivity contribution in [3.05, 3.63) is 36.4 Å². The molecule has 1 heteroatoms. The maximum Gasteiger partial charge on any atom is 0.0368 e. The van der Waals surface area contributed by atoms with E-state index in [9.17, 15) is 0 Å². The predicted octanol–water partition coefficient (Wildman–Crippen LogP) is 7.47. The summed E-state index contributed by atoms with van der Waals surface area (Å²) in [7, 11) is 2.22. The van der Waals surface area contributed by atoms with Gasteiger partial charge in [-0.05, 0) is 38.0 Å². The SMILES string of the molecule is C=Cc1ccc(N(C)C(C)(C)CCCCCCCCCCC)cc1. The van der Waals surface area contributed by atoms with Gasteiger partial charge in [0.25, 0.3) is 0 Å². The summed E-state index contributed by atoms with van der Waals surface area (Å²) in [5.74, 6) is 0. The highest BCUT2D eigenvalue weighted by Gasteiger charge is 2.23. The van der Waals surface area contributed by atoms with E-state index in [1.54, 1.807) is 0 Å². The van der Waals surface area contributed by atoms with Gasteiger partial charge in [-0.3, -0.25) is 0 Å². The number of nitrogens with zero attached hydrogens (tertiary/aromatic N) is 1. The van der Waals surface area contributed by atoms with Gasteiger partial charge in [-0.15, -0.1) is 0 Å². The van der Waals surface area contributed by atoms with Crippen LogP contribution in [0.5, 0.6) is 0 Å². The summed E-state index contributed by atoms with van der Waals surface area (Å²) in [6.45, 7) is 10.8. The van der Waals surface area contributed by atoms with Gasteiger partial charge in [0.15, 0.2) is 0 Å². The standard InChI is InChI=1S/C23H39N/c1-6-8-9-10-11-12-13-14-15-20-23(3,4)24(5)22-18-16-21(7-2)17-19-22/h7,16-19H,2,6,8-15,20H2,1,3-5H3. The average molecular weight is 330 g/mol. The fraction of sp³-hybridized carbons (Fsp3) is 0.652. The molecule has 0 atom stereocenters. The first-order valence-corrected chi connectivity index (χ1v) is 9.97. The Bertz CT molecular complexity index is 444. The van der Waals surface area contributed by atoms with Gasteiger partial charge in [0.05, 0.1) is 0 Å². The first kappa shape index (κ1) is 20.8. The van der Waals surface area contributed by atoms with Gasteiger partial charge in [-0.25, -0.2) is 0 Å². The molecule has 0 aliphatic carbocycles. The van der Waals surface area contributed by atoms with Crippen LogP contribution in [0, 0.1) is 0 Å². The van der Waals surface area contributed by atoms with Crippen molar-refractivity contribution < 1.29 is 0 Å². The van der Waals surface area contributed by atoms with Crippen molar-refractivity contribution in [2.75, 3.05) is 11.9 Å². The lowest BCUT2D eigenvalue weighted by Gasteiger charge is -2.38. The lowest BCUT2D eigenvalue weighted by molar-refractivity contribution is 0.420. The Kier molecular flexibility index (Phi) is 9.83. The molecule has 0 heterocycles. The van der Waals surface area contributed by atoms with Crippen LogP contribution in [-0.2, 0) is 0 Å². The van der Waals surface area contributed by atoms with Crippen LogP contribution in [0.15, 0.2) is 30.8 Å². The molecule has 0 N–H and O–H groups in total. The monoisotopic (exact) mass is 329 g/mol. The van der Waals surface area contributed by atoms with Gasteiger partial charge >= 0.3 is 0 Å². The molecule has 0 fully saturated rings. The van der Waals surface area contributed by atoms with Crippen LogP contribution in [0.3, 0.4) is 0 Å². The maximum absolute atomic E-state index is 3.83. The Hall–Kier alpha value is -1.24. The molecule has 0 saturated carbocycles. The van der Waals surface area contributed by atoms with Gasteiger partial charge in [0.1, 0.15) is 0 Å². The van der Waals surface area contributed by atoms with Crippen molar-refractivity contribution in [3.63, 3.8) is 0 Å². The molecule has 0 aliphatic rings. The zero-order valence-electron chi connectivity index (χ0n) is 16.6. The second kappa shape index (κ2) is 11.3. The number of rotatable bonds is 13. The normalized spacial score (nSPS) is 11.5. The van der Waals surface area contributed by atoms with Crippen molar-refractivity contribution in [2.45, 2.75) is 90.5 Å². The third-order valence-corrected chi connectivity index (χ3v) is 5.32. The van der Waals surface area contributed by atoms with Crippen LogP contribution >= 0.6 is 0 Å². The van der Waals surface area contributed by atoms with Crippen molar-refractivity contribution in [2.24, 2.45) is 0 Å². The number of anilines is 1. The molecule has 1 aromatic carbocycles. The molecule has 0 bridgehead atoms. The summed E-state index contributed by atoms with van der Waals surface area (Å²) >= 11 is 0. The summed E-state index contributed by atoms with van der Waals surface area (Å²) in [6.07, 6.45) is 15.7. The second-order valence-corrected chi connectivity index (χ2v) is 7.75. The molecule has 1 nitrogen and oxygen atoms in total. The lowest BCUT2D eigenvalue weighted by Crippen LogP contribution is -2.41. The van der Waals surface area contributed by atoms with Crippen LogP contribution in [0.1, 0.15) is 90.5 Å². The van der Waals surface area contributed by atoms with E-state index in [2.05, 4.69) is 63.6 Å². The molecule has 0 amide bonds. The molecule has 1 aromatic rings. The highest BCUT2D eigenvalue weighted by Crippen LogP contribution is 2.27. The zero-order chi connectivity index (χ0) is 17.8. The molecule has 0 unspecified atom stereocenters. The van der Waals surface area contributed by atoms with Crippen LogP contribution in [-0.4, -0.2) is 12.6 Å². The third kappa shape index (κ3) is 7.55. The quantitative estimate of drug-likeness (QED) is 0.339. The zero-order valence-corrected chi connectivity index (χ0v) is 16.6. The third-order valence-electron chi connectivity index (χ3n) is 5.32. The molecular weight excluding hydrogens is 290 g/mol. The van der Waals surface area contributed by atoms with Crippen molar-refractivity contribution in [1.29, 1.82) is 0 Å². The molecule has 0 aromatic heterocycles. The largest absolute Gasteiger partial charge is 0.369 e. The molecule has 1 rings (SSSR count). The molecule has 136 valence electrons. The Morgan fingerprint density at radius 1 is 0.875 bits per heavy atom. The minimum absolute atomic E-state index is 0.205. The minimum atomic E-state index is 0.205. The molecule has 24 heavy (non-hydrogen) atoms. The lowest BCUT2D eigenvalue weighted by atomic mass is 9.93. The Morgan fingerprint density at radius 3 is 1.88 bits per heavy atom. The van der Waals surface area contributed by atoms with E-state index in [4.69, 9.17) is 0 Å². The van der Waals surface area contributed by atoms with Crippen molar-refractivity contribution in [1.82, 2.24) is 0 Å². The van der Waals surface area contributed by atoms with E-state index in [1.165, 1.54) is 75.5 Å². The summed E-state index contributed by atoms with van der Waals surface area (Å²) in [5.41, 5.74) is 2.68. The number of hydrogen-bond acceptors (Lipinski definition) is 1. The molecule has 0 radical (unpaired) electrons. The van der Waals surface area contributed by atoms with Gasteiger partial charge < -0.3 is 4.90 Å². The van der Waals surface area contributed by atoms with E-state index >= 15 is 0 Å². The highest BCUT2D eigenvalue weighted by atomic mass is 15.2. The Labute approximate surface area is 151 Å². The fourth-order valence-electron chi connectivity index (χ4n) is 3.22. The van der Waals surface area contributed by atoms with E-state index in [0.717, 1.165) is 0 Å². The second-order valence-electron chi connectivity index (χ2n) is 7.75. The van der Waals surface area contributed by atoms with Gasteiger partial charge in [-0.1, -0.05) is 89.5 Å². The topological polar surface area (TPSA) is 3.24 Å². The fourth-order valence-corrected chi connectivity index (χ4v) is 3.22. The van der Waals surface area contributed by atoms with Crippen molar-refractivity contribution in [3.8, 4) is 0 Å². The van der Waals surface area contributed by atoms with Gasteiger partial charge in [0, 0.05) is 18.3 Å². The van der Waals surface area contributed by atoms with Crippen LogP contribution in [0.25, 0.3) is 6.08 Å². The van der Waals surface area contributed by atoms with Crippen molar-refractivity contribution >= 4 is 11.8 Å². The average Bonchev–Trinajstić information content (AvgIpc) is 2.59. The first-order chi connectivity index (χ1) is 11.5. The predicted molar refractivity (Wildman–Crippen MR) is 111 cm³/mol. The van der Waals surface area contributed by atoms with E-state index in [0.29, 0.717) is 0 Å². The number of hydrogen-bond donors (Lipinski definition) is 0. The number of benzene rings is 1.